The van der Waals surface area contributed by atoms with Crippen molar-refractivity contribution in [1.29, 1.82) is 0 Å². The van der Waals surface area contributed by atoms with Crippen LogP contribution in [0.4, 0.5) is 0 Å². The number of benzene rings is 2. The lowest BCUT2D eigenvalue weighted by atomic mass is 10.2. The van der Waals surface area contributed by atoms with Crippen LogP contribution in [0.1, 0.15) is 18.1 Å². The van der Waals surface area contributed by atoms with Gasteiger partial charge in [-0.1, -0.05) is 53.3 Å². The highest BCUT2D eigenvalue weighted by Gasteiger charge is 2.12. The highest BCUT2D eigenvalue weighted by Crippen LogP contribution is 2.30. The molecule has 0 aliphatic rings. The number of hydrogen-bond donors (Lipinski definition) is 1. The number of ether oxygens (including phenoxy) is 1. The molecule has 2 aromatic rings. The van der Waals surface area contributed by atoms with Crippen LogP contribution >= 0.6 is 39.9 Å². The normalized spacial score (nSPS) is 10.4. The van der Waals surface area contributed by atoms with E-state index >= 15 is 0 Å². The SMILES string of the molecule is CCSc1cccc(OCc2cccc(Br)c2)c1C(N)=S. The van der Waals surface area contributed by atoms with Gasteiger partial charge in [0.25, 0.3) is 0 Å². The molecular formula is C16H16BrNOS2. The summed E-state index contributed by atoms with van der Waals surface area (Å²) < 4.78 is 6.96. The third-order valence-corrected chi connectivity index (χ3v) is 4.45. The molecule has 0 fully saturated rings. The summed E-state index contributed by atoms with van der Waals surface area (Å²) in [6.07, 6.45) is 0. The Kier molecular flexibility index (Phi) is 6.08. The molecule has 0 radical (unpaired) electrons. The monoisotopic (exact) mass is 381 g/mol. The summed E-state index contributed by atoms with van der Waals surface area (Å²) >= 11 is 10.4. The van der Waals surface area contributed by atoms with Crippen molar-refractivity contribution in [3.8, 4) is 5.75 Å². The number of rotatable bonds is 6. The third kappa shape index (κ3) is 4.46. The summed E-state index contributed by atoms with van der Waals surface area (Å²) in [6, 6.07) is 13.9. The third-order valence-electron chi connectivity index (χ3n) is 2.82. The lowest BCUT2D eigenvalue weighted by Crippen LogP contribution is -2.13. The molecule has 0 aliphatic carbocycles. The fraction of sp³-hybridized carbons (Fsp3) is 0.188. The van der Waals surface area contributed by atoms with Gasteiger partial charge in [0.05, 0.1) is 5.56 Å². The van der Waals surface area contributed by atoms with Gasteiger partial charge in [-0.15, -0.1) is 11.8 Å². The molecule has 0 bridgehead atoms. The van der Waals surface area contributed by atoms with Gasteiger partial charge in [-0.05, 0) is 35.6 Å². The van der Waals surface area contributed by atoms with Crippen LogP contribution in [-0.2, 0) is 6.61 Å². The van der Waals surface area contributed by atoms with Gasteiger partial charge >= 0.3 is 0 Å². The Morgan fingerprint density at radius 3 is 2.71 bits per heavy atom. The van der Waals surface area contributed by atoms with Crippen LogP contribution in [0.5, 0.6) is 5.75 Å². The van der Waals surface area contributed by atoms with Crippen molar-refractivity contribution in [2.75, 3.05) is 5.75 Å². The second kappa shape index (κ2) is 7.82. The molecule has 0 heterocycles. The summed E-state index contributed by atoms with van der Waals surface area (Å²) in [5, 5.41) is 0. The van der Waals surface area contributed by atoms with Crippen LogP contribution in [0.25, 0.3) is 0 Å². The zero-order chi connectivity index (χ0) is 15.2. The number of nitrogens with two attached hydrogens (primary N) is 1. The first kappa shape index (κ1) is 16.3. The van der Waals surface area contributed by atoms with Crippen molar-refractivity contribution in [2.24, 2.45) is 5.73 Å². The van der Waals surface area contributed by atoms with Gasteiger partial charge in [0.15, 0.2) is 0 Å². The van der Waals surface area contributed by atoms with Crippen LogP contribution in [0, 0.1) is 0 Å². The van der Waals surface area contributed by atoms with Crippen molar-refractivity contribution in [2.45, 2.75) is 18.4 Å². The van der Waals surface area contributed by atoms with Crippen molar-refractivity contribution in [3.05, 3.63) is 58.1 Å². The van der Waals surface area contributed by atoms with Crippen molar-refractivity contribution >= 4 is 44.9 Å². The van der Waals surface area contributed by atoms with Gasteiger partial charge in [-0.3, -0.25) is 0 Å². The Morgan fingerprint density at radius 1 is 1.29 bits per heavy atom. The molecule has 0 amide bonds. The Morgan fingerprint density at radius 2 is 2.05 bits per heavy atom. The zero-order valence-electron chi connectivity index (χ0n) is 11.6. The van der Waals surface area contributed by atoms with Gasteiger partial charge in [-0.2, -0.15) is 0 Å². The number of thiocarbonyl (C=S) groups is 1. The number of halogens is 1. The largest absolute Gasteiger partial charge is 0.488 e. The summed E-state index contributed by atoms with van der Waals surface area (Å²) in [6.45, 7) is 2.58. The van der Waals surface area contributed by atoms with E-state index in [0.717, 1.165) is 32.0 Å². The first-order valence-electron chi connectivity index (χ1n) is 6.54. The van der Waals surface area contributed by atoms with Crippen LogP contribution in [0.3, 0.4) is 0 Å². The van der Waals surface area contributed by atoms with Gasteiger partial charge in [0, 0.05) is 9.37 Å². The van der Waals surface area contributed by atoms with E-state index in [9.17, 15) is 0 Å². The first-order chi connectivity index (χ1) is 10.1. The molecule has 2 nitrogen and oxygen atoms in total. The maximum atomic E-state index is 5.92. The summed E-state index contributed by atoms with van der Waals surface area (Å²) in [5.74, 6) is 1.70. The molecule has 2 rings (SSSR count). The average molecular weight is 382 g/mol. The molecule has 0 aliphatic heterocycles. The smallest absolute Gasteiger partial charge is 0.131 e. The predicted molar refractivity (Wildman–Crippen MR) is 97.2 cm³/mol. The molecule has 0 spiro atoms. The van der Waals surface area contributed by atoms with Gasteiger partial charge in [0.2, 0.25) is 0 Å². The van der Waals surface area contributed by atoms with Crippen LogP contribution in [0.2, 0.25) is 0 Å². The zero-order valence-corrected chi connectivity index (χ0v) is 14.9. The number of hydrogen-bond acceptors (Lipinski definition) is 3. The maximum absolute atomic E-state index is 5.92. The van der Waals surface area contributed by atoms with Crippen LogP contribution in [0.15, 0.2) is 51.8 Å². The van der Waals surface area contributed by atoms with E-state index in [1.54, 1.807) is 11.8 Å². The Bertz CT molecular complexity index is 646. The van der Waals surface area contributed by atoms with E-state index in [0.29, 0.717) is 11.6 Å². The molecule has 0 saturated carbocycles. The van der Waals surface area contributed by atoms with Gasteiger partial charge in [0.1, 0.15) is 17.3 Å². The van der Waals surface area contributed by atoms with E-state index in [1.165, 1.54) is 0 Å². The maximum Gasteiger partial charge on any atom is 0.131 e. The standard InChI is InChI=1S/C16H16BrNOS2/c1-2-21-14-8-4-7-13(15(14)16(18)20)19-10-11-5-3-6-12(17)9-11/h3-9H,2,10H2,1H3,(H2,18,20). The van der Waals surface area contributed by atoms with E-state index in [4.69, 9.17) is 22.7 Å². The van der Waals surface area contributed by atoms with Crippen LogP contribution < -0.4 is 10.5 Å². The Hall–Kier alpha value is -1.04. The van der Waals surface area contributed by atoms with Crippen LogP contribution in [-0.4, -0.2) is 10.7 Å². The molecule has 0 atom stereocenters. The molecule has 5 heteroatoms. The Balaban J connectivity index is 2.23. The molecule has 21 heavy (non-hydrogen) atoms. The second-order valence-electron chi connectivity index (χ2n) is 4.35. The fourth-order valence-electron chi connectivity index (χ4n) is 1.94. The Labute approximate surface area is 143 Å². The molecule has 0 aromatic heterocycles. The predicted octanol–water partition coefficient (Wildman–Crippen LogP) is 4.77. The lowest BCUT2D eigenvalue weighted by molar-refractivity contribution is 0.305. The van der Waals surface area contributed by atoms with Crippen molar-refractivity contribution in [1.82, 2.24) is 0 Å². The second-order valence-corrected chi connectivity index (χ2v) is 7.01. The van der Waals surface area contributed by atoms with E-state index < -0.39 is 0 Å². The average Bonchev–Trinajstić information content (AvgIpc) is 2.45. The van der Waals surface area contributed by atoms with Gasteiger partial charge < -0.3 is 10.5 Å². The molecule has 0 unspecified atom stereocenters. The fourth-order valence-corrected chi connectivity index (χ4v) is 3.50. The van der Waals surface area contributed by atoms with E-state index in [1.807, 2.05) is 42.5 Å². The summed E-state index contributed by atoms with van der Waals surface area (Å²) in [7, 11) is 0. The molecule has 0 saturated heterocycles. The summed E-state index contributed by atoms with van der Waals surface area (Å²) in [4.78, 5) is 1.44. The first-order valence-corrected chi connectivity index (χ1v) is 8.73. The minimum Gasteiger partial charge on any atom is -0.488 e. The topological polar surface area (TPSA) is 35.2 Å². The minimum atomic E-state index is 0.371. The van der Waals surface area contributed by atoms with Crippen molar-refractivity contribution < 1.29 is 4.74 Å². The molecular weight excluding hydrogens is 366 g/mol. The van der Waals surface area contributed by atoms with Gasteiger partial charge in [-0.25, -0.2) is 0 Å². The lowest BCUT2D eigenvalue weighted by Gasteiger charge is -2.14. The number of thioether (sulfide) groups is 1. The highest BCUT2D eigenvalue weighted by atomic mass is 79.9. The van der Waals surface area contributed by atoms with Crippen molar-refractivity contribution in [3.63, 3.8) is 0 Å². The minimum absolute atomic E-state index is 0.371. The molecule has 2 aromatic carbocycles. The van der Waals surface area contributed by atoms with E-state index in [-0.39, 0.29) is 0 Å². The molecule has 2 N–H and O–H groups in total. The quantitative estimate of drug-likeness (QED) is 0.576. The van der Waals surface area contributed by atoms with E-state index in [2.05, 4.69) is 22.9 Å². The highest BCUT2D eigenvalue weighted by molar-refractivity contribution is 9.10. The molecule has 110 valence electrons. The summed E-state index contributed by atoms with van der Waals surface area (Å²) in [5.41, 5.74) is 7.79.